The van der Waals surface area contributed by atoms with Gasteiger partial charge in [0.2, 0.25) is 0 Å². The van der Waals surface area contributed by atoms with Crippen molar-refractivity contribution in [2.24, 2.45) is 0 Å². The van der Waals surface area contributed by atoms with Crippen molar-refractivity contribution < 1.29 is 19.4 Å². The largest absolute Gasteiger partial charge is 0.480 e. The van der Waals surface area contributed by atoms with Crippen LogP contribution >= 0.6 is 0 Å². The Bertz CT molecular complexity index is 330. The van der Waals surface area contributed by atoms with Crippen LogP contribution in [0.5, 0.6) is 0 Å². The van der Waals surface area contributed by atoms with E-state index in [1.54, 1.807) is 4.90 Å². The summed E-state index contributed by atoms with van der Waals surface area (Å²) in [7, 11) is 1.41. The quantitative estimate of drug-likeness (QED) is 0.730. The number of hydrogen-bond acceptors (Lipinski definition) is 4. The Morgan fingerprint density at radius 2 is 1.90 bits per heavy atom. The van der Waals surface area contributed by atoms with Gasteiger partial charge in [-0.05, 0) is 13.3 Å². The highest BCUT2D eigenvalue weighted by atomic mass is 16.5. The topological polar surface area (TPSA) is 82.1 Å². The molecule has 1 saturated heterocycles. The van der Waals surface area contributed by atoms with Gasteiger partial charge in [0.1, 0.15) is 0 Å². The van der Waals surface area contributed by atoms with Gasteiger partial charge in [0.05, 0.1) is 6.61 Å². The number of nitrogens with zero attached hydrogens (tertiary/aromatic N) is 2. The molecular weight excluding hydrogens is 262 g/mol. The van der Waals surface area contributed by atoms with Crippen molar-refractivity contribution >= 4 is 12.0 Å². The minimum atomic E-state index is -1.08. The molecule has 0 saturated carbocycles. The maximum atomic E-state index is 12.0. The van der Waals surface area contributed by atoms with Crippen molar-refractivity contribution in [3.63, 3.8) is 0 Å². The van der Waals surface area contributed by atoms with Crippen LogP contribution in [0.2, 0.25) is 0 Å². The minimum absolute atomic E-state index is 0.0338. The molecule has 2 atom stereocenters. The number of carboxylic acid groups (broad SMARTS) is 1. The Morgan fingerprint density at radius 3 is 2.35 bits per heavy atom. The second kappa shape index (κ2) is 8.06. The first kappa shape index (κ1) is 16.7. The molecule has 0 bridgehead atoms. The summed E-state index contributed by atoms with van der Waals surface area (Å²) in [6.45, 7) is 7.18. The summed E-state index contributed by atoms with van der Waals surface area (Å²) in [5, 5.41) is 11.5. The van der Waals surface area contributed by atoms with Gasteiger partial charge >= 0.3 is 12.0 Å². The van der Waals surface area contributed by atoms with E-state index in [1.165, 1.54) is 7.11 Å². The van der Waals surface area contributed by atoms with Gasteiger partial charge < -0.3 is 20.1 Å². The van der Waals surface area contributed by atoms with Crippen LogP contribution in [0.4, 0.5) is 4.79 Å². The Hall–Kier alpha value is -1.34. The number of carbonyl (C=O) groups is 2. The fourth-order valence-corrected chi connectivity index (χ4v) is 2.21. The van der Waals surface area contributed by atoms with Gasteiger partial charge in [-0.2, -0.15) is 0 Å². The zero-order chi connectivity index (χ0) is 15.1. The molecule has 0 aromatic rings. The molecule has 116 valence electrons. The summed E-state index contributed by atoms with van der Waals surface area (Å²) in [6.07, 6.45) is 1.08. The summed E-state index contributed by atoms with van der Waals surface area (Å²) in [5.41, 5.74) is 0. The third kappa shape index (κ3) is 4.64. The van der Waals surface area contributed by atoms with E-state index in [0.717, 1.165) is 19.5 Å². The molecular formula is C13H25N3O4. The van der Waals surface area contributed by atoms with E-state index < -0.39 is 12.0 Å². The molecule has 0 aromatic carbocycles. The maximum absolute atomic E-state index is 12.0. The van der Waals surface area contributed by atoms with Crippen LogP contribution in [0, 0.1) is 0 Å². The highest BCUT2D eigenvalue weighted by Gasteiger charge is 2.26. The number of rotatable bonds is 6. The number of hydrogen-bond donors (Lipinski definition) is 2. The van der Waals surface area contributed by atoms with Crippen LogP contribution in [-0.2, 0) is 9.53 Å². The molecule has 0 aliphatic carbocycles. The Morgan fingerprint density at radius 1 is 1.30 bits per heavy atom. The molecule has 1 rings (SSSR count). The summed E-state index contributed by atoms with van der Waals surface area (Å²) >= 11 is 0. The van der Waals surface area contributed by atoms with Crippen LogP contribution in [0.15, 0.2) is 0 Å². The first-order valence-corrected chi connectivity index (χ1v) is 7.00. The average molecular weight is 287 g/mol. The van der Waals surface area contributed by atoms with Crippen molar-refractivity contribution in [3.8, 4) is 0 Å². The predicted molar refractivity (Wildman–Crippen MR) is 74.7 cm³/mol. The van der Waals surface area contributed by atoms with Gasteiger partial charge in [0, 0.05) is 39.3 Å². The third-order valence-corrected chi connectivity index (χ3v) is 3.74. The lowest BCUT2D eigenvalue weighted by molar-refractivity contribution is -0.140. The van der Waals surface area contributed by atoms with Crippen LogP contribution in [0.25, 0.3) is 0 Å². The summed E-state index contributed by atoms with van der Waals surface area (Å²) in [5.74, 6) is -1.08. The monoisotopic (exact) mass is 287 g/mol. The lowest BCUT2D eigenvalue weighted by atomic mass is 10.2. The molecule has 20 heavy (non-hydrogen) atoms. The van der Waals surface area contributed by atoms with Crippen molar-refractivity contribution in [2.45, 2.75) is 32.4 Å². The molecule has 1 heterocycles. The molecule has 2 amide bonds. The highest BCUT2D eigenvalue weighted by Crippen LogP contribution is 2.08. The normalized spacial score (nSPS) is 19.4. The number of aliphatic carboxylic acids is 1. The van der Waals surface area contributed by atoms with Crippen molar-refractivity contribution in [3.05, 3.63) is 0 Å². The summed E-state index contributed by atoms with van der Waals surface area (Å²) in [6, 6.07) is -0.821. The molecule has 2 N–H and O–H groups in total. The maximum Gasteiger partial charge on any atom is 0.328 e. The number of methoxy groups -OCH3 is 1. The number of ether oxygens (including phenoxy) is 1. The number of piperazine rings is 1. The third-order valence-electron chi connectivity index (χ3n) is 3.74. The number of carbonyl (C=O) groups excluding carboxylic acids is 1. The predicted octanol–water partition coefficient (Wildman–Crippen LogP) is 0.212. The lowest BCUT2D eigenvalue weighted by Crippen LogP contribution is -2.56. The molecule has 7 nitrogen and oxygen atoms in total. The fourth-order valence-electron chi connectivity index (χ4n) is 2.21. The van der Waals surface area contributed by atoms with Gasteiger partial charge in [0.15, 0.2) is 6.04 Å². The summed E-state index contributed by atoms with van der Waals surface area (Å²) < 4.78 is 4.79. The molecule has 0 aromatic heterocycles. The first-order chi connectivity index (χ1) is 9.49. The number of amides is 2. The summed E-state index contributed by atoms with van der Waals surface area (Å²) in [4.78, 5) is 27.0. The molecule has 7 heteroatoms. The average Bonchev–Trinajstić information content (AvgIpc) is 2.45. The van der Waals surface area contributed by atoms with Crippen LogP contribution < -0.4 is 5.32 Å². The van der Waals surface area contributed by atoms with E-state index in [2.05, 4.69) is 24.1 Å². The minimum Gasteiger partial charge on any atom is -0.480 e. The van der Waals surface area contributed by atoms with E-state index in [4.69, 9.17) is 9.84 Å². The lowest BCUT2D eigenvalue weighted by Gasteiger charge is -2.38. The second-order valence-electron chi connectivity index (χ2n) is 5.08. The first-order valence-electron chi connectivity index (χ1n) is 7.00. The van der Waals surface area contributed by atoms with Gasteiger partial charge in [-0.3, -0.25) is 4.90 Å². The number of nitrogens with one attached hydrogen (secondary N) is 1. The van der Waals surface area contributed by atoms with Gasteiger partial charge in [0.25, 0.3) is 0 Å². The van der Waals surface area contributed by atoms with Crippen LogP contribution in [-0.4, -0.2) is 78.9 Å². The van der Waals surface area contributed by atoms with E-state index in [9.17, 15) is 9.59 Å². The zero-order valence-electron chi connectivity index (χ0n) is 12.5. The van der Waals surface area contributed by atoms with Crippen molar-refractivity contribution in [1.82, 2.24) is 15.1 Å². The van der Waals surface area contributed by atoms with Gasteiger partial charge in [-0.15, -0.1) is 0 Å². The molecule has 1 aliphatic rings. The van der Waals surface area contributed by atoms with Crippen molar-refractivity contribution in [2.75, 3.05) is 39.9 Å². The molecule has 1 fully saturated rings. The van der Waals surface area contributed by atoms with E-state index >= 15 is 0 Å². The highest BCUT2D eigenvalue weighted by molar-refractivity contribution is 5.82. The molecule has 0 spiro atoms. The SMILES string of the molecule is CCC(C)N1CCN(C(=O)NC(COC)C(=O)O)CC1. The van der Waals surface area contributed by atoms with E-state index in [1.807, 2.05) is 0 Å². The number of carboxylic acids is 1. The van der Waals surface area contributed by atoms with Crippen LogP contribution in [0.1, 0.15) is 20.3 Å². The Kier molecular flexibility index (Phi) is 6.74. The van der Waals surface area contributed by atoms with Crippen LogP contribution in [0.3, 0.4) is 0 Å². The molecule has 1 aliphatic heterocycles. The molecule has 0 radical (unpaired) electrons. The van der Waals surface area contributed by atoms with Crippen molar-refractivity contribution in [1.29, 1.82) is 0 Å². The molecule has 2 unspecified atom stereocenters. The van der Waals surface area contributed by atoms with Gasteiger partial charge in [-0.1, -0.05) is 6.92 Å². The smallest absolute Gasteiger partial charge is 0.328 e. The Balaban J connectivity index is 2.44. The fraction of sp³-hybridized carbons (Fsp3) is 0.846. The Labute approximate surface area is 119 Å². The zero-order valence-corrected chi connectivity index (χ0v) is 12.5. The van der Waals surface area contributed by atoms with Gasteiger partial charge in [-0.25, -0.2) is 9.59 Å². The van der Waals surface area contributed by atoms with E-state index in [0.29, 0.717) is 19.1 Å². The van der Waals surface area contributed by atoms with E-state index in [-0.39, 0.29) is 12.6 Å². The second-order valence-corrected chi connectivity index (χ2v) is 5.08. The standard InChI is InChI=1S/C13H25N3O4/c1-4-10(2)15-5-7-16(8-6-15)13(19)14-11(9-20-3)12(17)18/h10-11H,4-9H2,1-3H3,(H,14,19)(H,17,18). The number of urea groups is 1.